The van der Waals surface area contributed by atoms with Gasteiger partial charge < -0.3 is 15.1 Å². The molecule has 0 radical (unpaired) electrons. The lowest BCUT2D eigenvalue weighted by Gasteiger charge is -2.12. The Hall–Kier alpha value is -3.08. The van der Waals surface area contributed by atoms with Crippen molar-refractivity contribution in [3.05, 3.63) is 90.1 Å². The standard InChI is InChI=1S/C22H26N4O/c1-2-7-19(8-3-1)11-15-24-22(26-17-13-21-10-6-18-27-21)25-16-12-20-9-4-5-14-23-20/h1-10,14,18H,11-13,15-17H2,(H2,24,25,26). The van der Waals surface area contributed by atoms with Crippen LogP contribution in [-0.2, 0) is 19.3 Å². The molecule has 1 aromatic carbocycles. The van der Waals surface area contributed by atoms with Gasteiger partial charge in [-0.05, 0) is 36.2 Å². The highest BCUT2D eigenvalue weighted by molar-refractivity contribution is 5.79. The first-order valence-electron chi connectivity index (χ1n) is 9.38. The lowest BCUT2D eigenvalue weighted by atomic mass is 10.1. The molecule has 0 amide bonds. The summed E-state index contributed by atoms with van der Waals surface area (Å²) < 4.78 is 5.37. The van der Waals surface area contributed by atoms with E-state index in [1.165, 1.54) is 5.56 Å². The highest BCUT2D eigenvalue weighted by Gasteiger charge is 2.01. The van der Waals surface area contributed by atoms with Crippen LogP contribution in [0.3, 0.4) is 0 Å². The van der Waals surface area contributed by atoms with Crippen LogP contribution in [0.4, 0.5) is 0 Å². The van der Waals surface area contributed by atoms with Gasteiger partial charge in [-0.25, -0.2) is 0 Å². The molecule has 0 saturated heterocycles. The zero-order chi connectivity index (χ0) is 18.6. The highest BCUT2D eigenvalue weighted by Crippen LogP contribution is 2.01. The van der Waals surface area contributed by atoms with Crippen LogP contribution in [0.5, 0.6) is 0 Å². The maximum atomic E-state index is 5.37. The average molecular weight is 362 g/mol. The Labute approximate surface area is 160 Å². The molecule has 27 heavy (non-hydrogen) atoms. The Kier molecular flexibility index (Phi) is 7.49. The number of aromatic nitrogens is 1. The first-order valence-corrected chi connectivity index (χ1v) is 9.38. The Balaban J connectivity index is 1.48. The van der Waals surface area contributed by atoms with Crippen LogP contribution in [0, 0.1) is 0 Å². The minimum Gasteiger partial charge on any atom is -0.469 e. The molecule has 3 rings (SSSR count). The molecule has 5 nitrogen and oxygen atoms in total. The number of hydrogen-bond acceptors (Lipinski definition) is 3. The molecule has 2 heterocycles. The van der Waals surface area contributed by atoms with Crippen LogP contribution in [-0.4, -0.2) is 30.6 Å². The molecule has 0 saturated carbocycles. The first-order chi connectivity index (χ1) is 13.4. The summed E-state index contributed by atoms with van der Waals surface area (Å²) in [5.41, 5.74) is 2.39. The number of aliphatic imine (C=N–C) groups is 1. The summed E-state index contributed by atoms with van der Waals surface area (Å²) in [6.45, 7) is 2.30. The maximum Gasteiger partial charge on any atom is 0.191 e. The quantitative estimate of drug-likeness (QED) is 0.453. The van der Waals surface area contributed by atoms with Gasteiger partial charge in [-0.2, -0.15) is 0 Å². The van der Waals surface area contributed by atoms with Crippen LogP contribution in [0.2, 0.25) is 0 Å². The van der Waals surface area contributed by atoms with Crippen molar-refractivity contribution in [2.75, 3.05) is 19.6 Å². The third-order valence-electron chi connectivity index (χ3n) is 4.16. The minimum absolute atomic E-state index is 0.678. The van der Waals surface area contributed by atoms with E-state index in [1.54, 1.807) is 6.26 Å². The smallest absolute Gasteiger partial charge is 0.191 e. The fourth-order valence-electron chi connectivity index (χ4n) is 2.73. The summed E-state index contributed by atoms with van der Waals surface area (Å²) in [4.78, 5) is 9.04. The summed E-state index contributed by atoms with van der Waals surface area (Å²) >= 11 is 0. The molecule has 3 aromatic rings. The number of rotatable bonds is 9. The molecule has 140 valence electrons. The van der Waals surface area contributed by atoms with Gasteiger partial charge in [0.25, 0.3) is 0 Å². The summed E-state index contributed by atoms with van der Waals surface area (Å²) in [5, 5.41) is 6.83. The van der Waals surface area contributed by atoms with Gasteiger partial charge >= 0.3 is 0 Å². The lowest BCUT2D eigenvalue weighted by molar-refractivity contribution is 0.510. The van der Waals surface area contributed by atoms with Crippen LogP contribution in [0.1, 0.15) is 17.0 Å². The Morgan fingerprint density at radius 1 is 0.852 bits per heavy atom. The Bertz CT molecular complexity index is 738. The number of nitrogens with zero attached hydrogens (tertiary/aromatic N) is 2. The number of nitrogens with one attached hydrogen (secondary N) is 2. The van der Waals surface area contributed by atoms with Crippen molar-refractivity contribution < 1.29 is 4.42 Å². The fraction of sp³-hybridized carbons (Fsp3) is 0.273. The molecule has 0 aliphatic rings. The molecule has 2 aromatic heterocycles. The predicted molar refractivity (Wildman–Crippen MR) is 109 cm³/mol. The van der Waals surface area contributed by atoms with E-state index in [9.17, 15) is 0 Å². The summed E-state index contributed by atoms with van der Waals surface area (Å²) in [5.74, 6) is 1.78. The van der Waals surface area contributed by atoms with E-state index in [1.807, 2.05) is 42.6 Å². The third-order valence-corrected chi connectivity index (χ3v) is 4.16. The summed E-state index contributed by atoms with van der Waals surface area (Å²) in [6.07, 6.45) is 6.13. The van der Waals surface area contributed by atoms with Crippen molar-refractivity contribution in [1.29, 1.82) is 0 Å². The number of furan rings is 1. The summed E-state index contributed by atoms with van der Waals surface area (Å²) in [7, 11) is 0. The molecule has 5 heteroatoms. The van der Waals surface area contributed by atoms with E-state index in [0.717, 1.165) is 49.8 Å². The highest BCUT2D eigenvalue weighted by atomic mass is 16.3. The van der Waals surface area contributed by atoms with Gasteiger partial charge in [-0.1, -0.05) is 36.4 Å². The zero-order valence-corrected chi connectivity index (χ0v) is 15.5. The monoisotopic (exact) mass is 362 g/mol. The average Bonchev–Trinajstić information content (AvgIpc) is 3.23. The van der Waals surface area contributed by atoms with E-state index in [2.05, 4.69) is 44.9 Å². The minimum atomic E-state index is 0.678. The van der Waals surface area contributed by atoms with Crippen molar-refractivity contribution in [3.8, 4) is 0 Å². The van der Waals surface area contributed by atoms with Gasteiger partial charge in [0.15, 0.2) is 5.96 Å². The summed E-state index contributed by atoms with van der Waals surface area (Å²) in [6, 6.07) is 20.3. The molecule has 0 aliphatic heterocycles. The van der Waals surface area contributed by atoms with Crippen LogP contribution in [0.25, 0.3) is 0 Å². The largest absolute Gasteiger partial charge is 0.469 e. The fourth-order valence-corrected chi connectivity index (χ4v) is 2.73. The zero-order valence-electron chi connectivity index (χ0n) is 15.5. The second kappa shape index (κ2) is 10.8. The normalized spacial score (nSPS) is 11.3. The number of benzene rings is 1. The van der Waals surface area contributed by atoms with E-state index >= 15 is 0 Å². The molecular formula is C22H26N4O. The van der Waals surface area contributed by atoms with Crippen molar-refractivity contribution >= 4 is 5.96 Å². The second-order valence-electron chi connectivity index (χ2n) is 6.22. The topological polar surface area (TPSA) is 62.5 Å². The van der Waals surface area contributed by atoms with Crippen molar-refractivity contribution in [2.45, 2.75) is 19.3 Å². The van der Waals surface area contributed by atoms with Crippen molar-refractivity contribution in [3.63, 3.8) is 0 Å². The second-order valence-corrected chi connectivity index (χ2v) is 6.22. The molecule has 2 N–H and O–H groups in total. The van der Waals surface area contributed by atoms with Crippen LogP contribution < -0.4 is 10.6 Å². The van der Waals surface area contributed by atoms with Gasteiger partial charge in [0.2, 0.25) is 0 Å². The molecule has 0 spiro atoms. The molecule has 0 aliphatic carbocycles. The van der Waals surface area contributed by atoms with Gasteiger partial charge in [0.1, 0.15) is 5.76 Å². The number of hydrogen-bond donors (Lipinski definition) is 2. The van der Waals surface area contributed by atoms with E-state index < -0.39 is 0 Å². The van der Waals surface area contributed by atoms with E-state index in [-0.39, 0.29) is 0 Å². The lowest BCUT2D eigenvalue weighted by Crippen LogP contribution is -2.39. The van der Waals surface area contributed by atoms with E-state index in [4.69, 9.17) is 4.42 Å². The van der Waals surface area contributed by atoms with Crippen molar-refractivity contribution in [1.82, 2.24) is 15.6 Å². The van der Waals surface area contributed by atoms with Crippen LogP contribution >= 0.6 is 0 Å². The van der Waals surface area contributed by atoms with Gasteiger partial charge in [-0.3, -0.25) is 9.98 Å². The van der Waals surface area contributed by atoms with Crippen molar-refractivity contribution in [2.24, 2.45) is 4.99 Å². The van der Waals surface area contributed by atoms with E-state index in [0.29, 0.717) is 6.54 Å². The number of guanidine groups is 1. The van der Waals surface area contributed by atoms with Gasteiger partial charge in [0, 0.05) is 44.4 Å². The predicted octanol–water partition coefficient (Wildman–Crippen LogP) is 3.24. The third kappa shape index (κ3) is 6.98. The number of pyridine rings is 1. The van der Waals surface area contributed by atoms with Crippen LogP contribution in [0.15, 0.2) is 82.5 Å². The molecule has 0 bridgehead atoms. The molecule has 0 unspecified atom stereocenters. The van der Waals surface area contributed by atoms with Gasteiger partial charge in [-0.15, -0.1) is 0 Å². The Morgan fingerprint density at radius 3 is 2.41 bits per heavy atom. The van der Waals surface area contributed by atoms with Gasteiger partial charge in [0.05, 0.1) is 6.26 Å². The molecule has 0 fully saturated rings. The molecule has 0 atom stereocenters. The first kappa shape index (κ1) is 18.7. The molecular weight excluding hydrogens is 336 g/mol. The maximum absolute atomic E-state index is 5.37. The SMILES string of the molecule is c1ccc(CCNC(=NCCc2ccco2)NCCc2ccccn2)cc1. The Morgan fingerprint density at radius 2 is 1.67 bits per heavy atom.